The minimum Gasteiger partial charge on any atom is -0.481 e. The molecule has 7 atom stereocenters. The van der Waals surface area contributed by atoms with E-state index in [1.807, 2.05) is 0 Å². The number of carboxylic acid groups (broad SMARTS) is 3. The molecule has 0 bridgehead atoms. The molecule has 0 saturated carbocycles. The summed E-state index contributed by atoms with van der Waals surface area (Å²) in [7, 11) is 0. The highest BCUT2D eigenvalue weighted by Gasteiger charge is 2.37. The third-order valence-corrected chi connectivity index (χ3v) is 7.91. The molecule has 20 nitrogen and oxygen atoms in total. The van der Waals surface area contributed by atoms with Crippen molar-refractivity contribution in [1.29, 1.82) is 0 Å². The largest absolute Gasteiger partial charge is 0.481 e. The third kappa shape index (κ3) is 18.7. The van der Waals surface area contributed by atoms with Gasteiger partial charge in [-0.3, -0.25) is 33.6 Å². The van der Waals surface area contributed by atoms with Crippen LogP contribution in [0, 0.1) is 5.41 Å². The van der Waals surface area contributed by atoms with Crippen LogP contribution in [0.4, 0.5) is 0 Å². The summed E-state index contributed by atoms with van der Waals surface area (Å²) in [5.41, 5.74) is 16.0. The van der Waals surface area contributed by atoms with Crippen LogP contribution in [0.3, 0.4) is 0 Å². The number of carboxylic acids is 3. The van der Waals surface area contributed by atoms with E-state index in [9.17, 15) is 58.8 Å². The average Bonchev–Trinajstić information content (AvgIpc) is 3.04. The summed E-state index contributed by atoms with van der Waals surface area (Å²) >= 11 is 0. The number of aliphatic hydroxyl groups excluding tert-OH is 1. The lowest BCUT2D eigenvalue weighted by Crippen LogP contribution is -2.61. The molecule has 0 aliphatic carbocycles. The van der Waals surface area contributed by atoms with Crippen LogP contribution in [0.25, 0.3) is 0 Å². The van der Waals surface area contributed by atoms with Crippen LogP contribution in [0.2, 0.25) is 0 Å². The zero-order valence-electron chi connectivity index (χ0n) is 30.3. The maximum atomic E-state index is 13.5. The fourth-order valence-electron chi connectivity index (χ4n) is 4.84. The first-order chi connectivity index (χ1) is 24.2. The molecule has 0 spiro atoms. The predicted octanol–water partition coefficient (Wildman–Crippen LogP) is -2.76. The number of aliphatic carboxylic acids is 3. The Morgan fingerprint density at radius 2 is 0.981 bits per heavy atom. The number of nitrogens with two attached hydrogens (primary N) is 3. The van der Waals surface area contributed by atoms with Crippen molar-refractivity contribution in [2.75, 3.05) is 13.1 Å². The monoisotopic (exact) mass is 746 g/mol. The van der Waals surface area contributed by atoms with Gasteiger partial charge in [0.2, 0.25) is 29.5 Å². The molecule has 0 fully saturated rings. The maximum Gasteiger partial charge on any atom is 0.326 e. The molecule has 20 heteroatoms. The molecule has 0 aromatic heterocycles. The summed E-state index contributed by atoms with van der Waals surface area (Å²) in [4.78, 5) is 101. The average molecular weight is 747 g/mol. The summed E-state index contributed by atoms with van der Waals surface area (Å²) < 4.78 is 0. The van der Waals surface area contributed by atoms with Gasteiger partial charge in [0.15, 0.2) is 0 Å². The van der Waals surface area contributed by atoms with Crippen molar-refractivity contribution in [2.45, 2.75) is 134 Å². The van der Waals surface area contributed by atoms with Crippen LogP contribution in [0.15, 0.2) is 0 Å². The van der Waals surface area contributed by atoms with Crippen LogP contribution in [-0.4, -0.2) is 123 Å². The normalized spacial score (nSPS) is 15.4. The third-order valence-electron chi connectivity index (χ3n) is 7.91. The highest BCUT2D eigenvalue weighted by molar-refractivity contribution is 5.96. The van der Waals surface area contributed by atoms with Gasteiger partial charge in [0, 0.05) is 12.8 Å². The Labute approximate surface area is 302 Å². The van der Waals surface area contributed by atoms with Gasteiger partial charge in [0.25, 0.3) is 0 Å². The van der Waals surface area contributed by atoms with Crippen molar-refractivity contribution in [1.82, 2.24) is 26.6 Å². The molecule has 0 saturated heterocycles. The minimum absolute atomic E-state index is 0.0913. The second-order valence-electron chi connectivity index (χ2n) is 13.6. The standard InChI is InChI=1S/C32H58N8O12/c1-17(41)24(30(50)38-21(12-14-23(44)45)29(49)40-25(31(51)52)32(2,3)4)39-28(48)20(11-13-22(42)43)37-27(47)19(10-6-8-16-34)36-26(46)18(35)9-5-7-15-33/h17-21,24-25,41H,5-16,33-35H2,1-4H3,(H,36,46)(H,37,47)(H,38,50)(H,39,48)(H,40,49)(H,42,43)(H,44,45)(H,51,52)/t17-,18+,19+,20+,21+,24+,25-/m1/s1. The maximum absolute atomic E-state index is 13.5. The number of carbonyl (C=O) groups is 8. The van der Waals surface area contributed by atoms with Crippen LogP contribution >= 0.6 is 0 Å². The van der Waals surface area contributed by atoms with Crippen molar-refractivity contribution in [2.24, 2.45) is 22.6 Å². The number of hydrogen-bond acceptors (Lipinski definition) is 12. The lowest BCUT2D eigenvalue weighted by atomic mass is 9.86. The Morgan fingerprint density at radius 1 is 0.577 bits per heavy atom. The van der Waals surface area contributed by atoms with Gasteiger partial charge >= 0.3 is 17.9 Å². The first-order valence-electron chi connectivity index (χ1n) is 17.2. The predicted molar refractivity (Wildman–Crippen MR) is 186 cm³/mol. The van der Waals surface area contributed by atoms with E-state index in [4.69, 9.17) is 17.2 Å². The molecule has 0 aromatic carbocycles. The van der Waals surface area contributed by atoms with Crippen molar-refractivity contribution in [3.63, 3.8) is 0 Å². The highest BCUT2D eigenvalue weighted by Crippen LogP contribution is 2.20. The molecule has 0 radical (unpaired) electrons. The van der Waals surface area contributed by atoms with Gasteiger partial charge in [-0.05, 0) is 70.4 Å². The van der Waals surface area contributed by atoms with E-state index >= 15 is 0 Å². The molecule has 5 amide bonds. The highest BCUT2D eigenvalue weighted by atomic mass is 16.4. The van der Waals surface area contributed by atoms with Gasteiger partial charge in [-0.1, -0.05) is 27.2 Å². The van der Waals surface area contributed by atoms with Crippen molar-refractivity contribution in [3.8, 4) is 0 Å². The summed E-state index contributed by atoms with van der Waals surface area (Å²) in [6, 6.07) is -8.64. The van der Waals surface area contributed by atoms with E-state index in [0.717, 1.165) is 6.92 Å². The fraction of sp³-hybridized carbons (Fsp3) is 0.750. The number of carbonyl (C=O) groups excluding carboxylic acids is 5. The number of hydrogen-bond donors (Lipinski definition) is 12. The molecule has 0 heterocycles. The SMILES string of the molecule is C[C@@H](O)[C@H](NC(=O)[C@H](CCC(=O)O)NC(=O)[C@H](CCCCN)NC(=O)[C@@H](N)CCCCN)C(=O)N[C@@H](CCC(=O)O)C(=O)N[C@H](C(=O)O)C(C)(C)C. The molecule has 0 aliphatic rings. The topological polar surface area (TPSA) is 356 Å². The molecule has 298 valence electrons. The second-order valence-corrected chi connectivity index (χ2v) is 13.6. The number of nitrogens with one attached hydrogen (secondary N) is 5. The molecule has 0 aromatic rings. The molecule has 15 N–H and O–H groups in total. The Morgan fingerprint density at radius 3 is 1.40 bits per heavy atom. The van der Waals surface area contributed by atoms with Gasteiger partial charge < -0.3 is 64.2 Å². The first kappa shape index (κ1) is 47.6. The summed E-state index contributed by atoms with van der Waals surface area (Å²) in [5, 5.41) is 50.2. The van der Waals surface area contributed by atoms with Crippen molar-refractivity contribution in [3.05, 3.63) is 0 Å². The Kier molecular flexibility index (Phi) is 21.9. The zero-order valence-corrected chi connectivity index (χ0v) is 30.3. The van der Waals surface area contributed by atoms with E-state index < -0.39 is 121 Å². The molecular formula is C32H58N8O12. The minimum atomic E-state index is -1.82. The summed E-state index contributed by atoms with van der Waals surface area (Å²) in [6.07, 6.45) is -1.38. The lowest BCUT2D eigenvalue weighted by molar-refractivity contribution is -0.146. The number of rotatable bonds is 26. The summed E-state index contributed by atoms with van der Waals surface area (Å²) in [6.45, 7) is 6.41. The van der Waals surface area contributed by atoms with Crippen LogP contribution in [0.5, 0.6) is 0 Å². The Hall–Kier alpha value is -4.40. The molecule has 0 rings (SSSR count). The van der Waals surface area contributed by atoms with Gasteiger partial charge in [-0.2, -0.15) is 0 Å². The molecular weight excluding hydrogens is 688 g/mol. The van der Waals surface area contributed by atoms with E-state index in [1.54, 1.807) is 0 Å². The van der Waals surface area contributed by atoms with Crippen LogP contribution in [-0.2, 0) is 38.4 Å². The van der Waals surface area contributed by atoms with Gasteiger partial charge in [-0.15, -0.1) is 0 Å². The Balaban J connectivity index is 6.20. The smallest absolute Gasteiger partial charge is 0.326 e. The van der Waals surface area contributed by atoms with Crippen molar-refractivity contribution >= 4 is 47.4 Å². The summed E-state index contributed by atoms with van der Waals surface area (Å²) in [5.74, 6) is -8.86. The van der Waals surface area contributed by atoms with Crippen molar-refractivity contribution < 1.29 is 58.8 Å². The molecule has 52 heavy (non-hydrogen) atoms. The van der Waals surface area contributed by atoms with E-state index in [0.29, 0.717) is 45.2 Å². The fourth-order valence-corrected chi connectivity index (χ4v) is 4.84. The second kappa shape index (κ2) is 24.0. The van der Waals surface area contributed by atoms with E-state index in [2.05, 4.69) is 26.6 Å². The van der Waals surface area contributed by atoms with Crippen LogP contribution in [0.1, 0.15) is 91.9 Å². The number of aliphatic hydroxyl groups is 1. The lowest BCUT2D eigenvalue weighted by Gasteiger charge is -2.30. The van der Waals surface area contributed by atoms with Gasteiger partial charge in [0.1, 0.15) is 30.2 Å². The van der Waals surface area contributed by atoms with E-state index in [1.165, 1.54) is 20.8 Å². The Bertz CT molecular complexity index is 1230. The number of amides is 5. The quantitative estimate of drug-likeness (QED) is 0.0399. The molecule has 0 aliphatic heterocycles. The van der Waals surface area contributed by atoms with Crippen LogP contribution < -0.4 is 43.8 Å². The van der Waals surface area contributed by atoms with Gasteiger partial charge in [0.05, 0.1) is 12.1 Å². The first-order valence-corrected chi connectivity index (χ1v) is 17.2. The molecule has 0 unspecified atom stereocenters. The van der Waals surface area contributed by atoms with Gasteiger partial charge in [-0.25, -0.2) is 4.79 Å². The number of unbranched alkanes of at least 4 members (excludes halogenated alkanes) is 2. The zero-order chi connectivity index (χ0) is 40.2. The van der Waals surface area contributed by atoms with E-state index in [-0.39, 0.29) is 6.42 Å².